The molecule has 0 aliphatic carbocycles. The summed E-state index contributed by atoms with van der Waals surface area (Å²) in [4.78, 5) is 0. The maximum atomic E-state index is 10.8. The molecule has 0 amide bonds. The molecule has 2 bridgehead atoms. The zero-order chi connectivity index (χ0) is 14.7. The Morgan fingerprint density at radius 2 is 1.86 bits per heavy atom. The third-order valence-corrected chi connectivity index (χ3v) is 5.08. The van der Waals surface area contributed by atoms with Crippen LogP contribution in [-0.4, -0.2) is 43.0 Å². The monoisotopic (exact) mass is 288 g/mol. The molecule has 3 heterocycles. The van der Waals surface area contributed by atoms with E-state index < -0.39 is 6.92 Å². The molecule has 3 aliphatic rings. The Balaban J connectivity index is 1.58. The lowest BCUT2D eigenvalue weighted by Crippen LogP contribution is -2.66. The highest BCUT2D eigenvalue weighted by Crippen LogP contribution is 2.44. The van der Waals surface area contributed by atoms with Crippen LogP contribution in [0.25, 0.3) is 0 Å². The standard InChI is InChI=1S/C16H21BO4/c1-8-4-9(2)13(10(3)5-8)17(18)15-12-6-11-7-19-16(20-11)14(12)21-15/h4-5,11-12,14-16,18H,6-7H2,1-3H3/t11-,12-,14+,15?,16+/m0/s1. The molecule has 1 unspecified atom stereocenters. The summed E-state index contributed by atoms with van der Waals surface area (Å²) in [5.41, 5.74) is 4.52. The van der Waals surface area contributed by atoms with Crippen molar-refractivity contribution < 1.29 is 19.2 Å². The fraction of sp³-hybridized carbons (Fsp3) is 0.625. The second-order valence-corrected chi connectivity index (χ2v) is 6.68. The van der Waals surface area contributed by atoms with Crippen LogP contribution in [0.1, 0.15) is 23.1 Å². The van der Waals surface area contributed by atoms with E-state index in [9.17, 15) is 5.02 Å². The molecule has 4 nitrogen and oxygen atoms in total. The van der Waals surface area contributed by atoms with Gasteiger partial charge in [-0.25, -0.2) is 0 Å². The minimum atomic E-state index is -0.565. The van der Waals surface area contributed by atoms with Crippen molar-refractivity contribution in [3.8, 4) is 0 Å². The van der Waals surface area contributed by atoms with Gasteiger partial charge in [0.2, 0.25) is 0 Å². The average Bonchev–Trinajstić information content (AvgIpc) is 2.77. The average molecular weight is 288 g/mol. The van der Waals surface area contributed by atoms with Gasteiger partial charge in [0.25, 0.3) is 0 Å². The highest BCUT2D eigenvalue weighted by atomic mass is 16.7. The lowest BCUT2D eigenvalue weighted by atomic mass is 9.48. The minimum absolute atomic E-state index is 0.00513. The summed E-state index contributed by atoms with van der Waals surface area (Å²) in [7, 11) is 0. The van der Waals surface area contributed by atoms with E-state index in [1.54, 1.807) is 0 Å². The van der Waals surface area contributed by atoms with Gasteiger partial charge in [-0.15, -0.1) is 0 Å². The highest BCUT2D eigenvalue weighted by molar-refractivity contribution is 6.68. The van der Waals surface area contributed by atoms with Crippen LogP contribution in [0.3, 0.4) is 0 Å². The van der Waals surface area contributed by atoms with Crippen LogP contribution >= 0.6 is 0 Å². The van der Waals surface area contributed by atoms with Crippen LogP contribution < -0.4 is 5.46 Å². The van der Waals surface area contributed by atoms with Crippen molar-refractivity contribution in [2.24, 2.45) is 5.92 Å². The predicted molar refractivity (Wildman–Crippen MR) is 79.6 cm³/mol. The molecular weight excluding hydrogens is 267 g/mol. The van der Waals surface area contributed by atoms with Crippen molar-refractivity contribution in [1.82, 2.24) is 0 Å². The lowest BCUT2D eigenvalue weighted by Gasteiger charge is -2.50. The topological polar surface area (TPSA) is 47.9 Å². The molecule has 0 spiro atoms. The SMILES string of the molecule is Cc1cc(C)c(B(O)C2O[C@H]3[C@@H]4OC[C@H](C[C@H]23)O4)c(C)c1. The van der Waals surface area contributed by atoms with Gasteiger partial charge in [0.05, 0.1) is 18.7 Å². The van der Waals surface area contributed by atoms with Crippen molar-refractivity contribution in [3.63, 3.8) is 0 Å². The molecule has 1 aromatic rings. The van der Waals surface area contributed by atoms with E-state index in [4.69, 9.17) is 14.2 Å². The van der Waals surface area contributed by atoms with Crippen LogP contribution in [0, 0.1) is 26.7 Å². The van der Waals surface area contributed by atoms with Crippen LogP contribution in [0.4, 0.5) is 0 Å². The maximum Gasteiger partial charge on any atom is 0.355 e. The molecule has 112 valence electrons. The van der Waals surface area contributed by atoms with E-state index in [1.165, 1.54) is 5.56 Å². The van der Waals surface area contributed by atoms with Crippen LogP contribution in [-0.2, 0) is 14.2 Å². The minimum Gasteiger partial charge on any atom is -0.445 e. The summed E-state index contributed by atoms with van der Waals surface area (Å²) in [5, 5.41) is 10.8. The predicted octanol–water partition coefficient (Wildman–Crippen LogP) is 0.871. The Hall–Kier alpha value is -0.875. The third-order valence-electron chi connectivity index (χ3n) is 5.08. The molecule has 0 saturated carbocycles. The Morgan fingerprint density at radius 1 is 1.14 bits per heavy atom. The summed E-state index contributed by atoms with van der Waals surface area (Å²) in [6.07, 6.45) is 0.870. The molecule has 0 aromatic heterocycles. The lowest BCUT2D eigenvalue weighted by molar-refractivity contribution is -0.276. The van der Waals surface area contributed by atoms with Gasteiger partial charge in [0.15, 0.2) is 6.29 Å². The smallest absolute Gasteiger partial charge is 0.355 e. The summed E-state index contributed by atoms with van der Waals surface area (Å²) >= 11 is 0. The van der Waals surface area contributed by atoms with Crippen LogP contribution in [0.15, 0.2) is 12.1 Å². The second kappa shape index (κ2) is 4.81. The summed E-state index contributed by atoms with van der Waals surface area (Å²) < 4.78 is 17.2. The molecule has 21 heavy (non-hydrogen) atoms. The zero-order valence-corrected chi connectivity index (χ0v) is 12.7. The zero-order valence-electron chi connectivity index (χ0n) is 12.7. The van der Waals surface area contributed by atoms with Crippen LogP contribution in [0.2, 0.25) is 0 Å². The quantitative estimate of drug-likeness (QED) is 0.820. The number of aryl methyl sites for hydroxylation is 3. The first kappa shape index (κ1) is 13.8. The van der Waals surface area contributed by atoms with Gasteiger partial charge in [0.1, 0.15) is 6.10 Å². The molecular formula is C16H21BO4. The second-order valence-electron chi connectivity index (χ2n) is 6.68. The van der Waals surface area contributed by atoms with Gasteiger partial charge in [-0.2, -0.15) is 0 Å². The fourth-order valence-electron chi connectivity index (χ4n) is 4.22. The number of fused-ring (bicyclic) bond motifs is 4. The number of hydrogen-bond acceptors (Lipinski definition) is 4. The molecule has 1 aromatic carbocycles. The van der Waals surface area contributed by atoms with E-state index in [0.29, 0.717) is 12.5 Å². The first-order valence-electron chi connectivity index (χ1n) is 7.73. The largest absolute Gasteiger partial charge is 0.445 e. The number of ether oxygens (including phenoxy) is 3. The molecule has 3 fully saturated rings. The van der Waals surface area contributed by atoms with Crippen molar-refractivity contribution in [2.45, 2.75) is 51.7 Å². The van der Waals surface area contributed by atoms with Gasteiger partial charge in [-0.05, 0) is 32.7 Å². The Labute approximate surface area is 125 Å². The third kappa shape index (κ3) is 2.06. The number of hydrogen-bond donors (Lipinski definition) is 1. The van der Waals surface area contributed by atoms with Gasteiger partial charge < -0.3 is 19.2 Å². The van der Waals surface area contributed by atoms with Gasteiger partial charge in [-0.3, -0.25) is 0 Å². The number of rotatable bonds is 2. The van der Waals surface area contributed by atoms with E-state index >= 15 is 0 Å². The first-order chi connectivity index (χ1) is 10.0. The Bertz CT molecular complexity index is 552. The van der Waals surface area contributed by atoms with E-state index in [1.807, 2.05) is 0 Å². The van der Waals surface area contributed by atoms with Gasteiger partial charge >= 0.3 is 6.92 Å². The van der Waals surface area contributed by atoms with Crippen molar-refractivity contribution in [3.05, 3.63) is 28.8 Å². The summed E-state index contributed by atoms with van der Waals surface area (Å²) in [6.45, 7) is 6.30. The molecule has 3 aliphatic heterocycles. The summed E-state index contributed by atoms with van der Waals surface area (Å²) in [6, 6.07) is 4.11. The normalized spacial score (nSPS) is 37.0. The highest BCUT2D eigenvalue weighted by Gasteiger charge is 2.58. The summed E-state index contributed by atoms with van der Waals surface area (Å²) in [5.74, 6) is 0.339. The molecule has 3 saturated heterocycles. The van der Waals surface area contributed by atoms with E-state index in [2.05, 4.69) is 32.9 Å². The molecule has 0 radical (unpaired) electrons. The molecule has 5 heteroatoms. The first-order valence-corrected chi connectivity index (χ1v) is 7.73. The van der Waals surface area contributed by atoms with Gasteiger partial charge in [-0.1, -0.05) is 28.8 Å². The van der Waals surface area contributed by atoms with Crippen LogP contribution in [0.5, 0.6) is 0 Å². The fourth-order valence-corrected chi connectivity index (χ4v) is 4.22. The van der Waals surface area contributed by atoms with Gasteiger partial charge in [0, 0.05) is 5.92 Å². The maximum absolute atomic E-state index is 10.8. The Kier molecular flexibility index (Phi) is 3.16. The van der Waals surface area contributed by atoms with Crippen molar-refractivity contribution >= 4 is 12.4 Å². The number of benzene rings is 1. The van der Waals surface area contributed by atoms with E-state index in [0.717, 1.165) is 23.0 Å². The molecule has 4 rings (SSSR count). The van der Waals surface area contributed by atoms with Crippen molar-refractivity contribution in [1.29, 1.82) is 0 Å². The molecule has 5 atom stereocenters. The molecule has 1 N–H and O–H groups in total. The Morgan fingerprint density at radius 3 is 2.57 bits per heavy atom. The van der Waals surface area contributed by atoms with E-state index in [-0.39, 0.29) is 24.5 Å². The van der Waals surface area contributed by atoms with Crippen molar-refractivity contribution in [2.75, 3.05) is 6.61 Å².